The van der Waals surface area contributed by atoms with Crippen LogP contribution in [0.15, 0.2) is 83.8 Å². The summed E-state index contributed by atoms with van der Waals surface area (Å²) in [6.45, 7) is 4.96. The van der Waals surface area contributed by atoms with Crippen molar-refractivity contribution in [1.29, 1.82) is 0 Å². The summed E-state index contributed by atoms with van der Waals surface area (Å²) in [5, 5.41) is 3.31. The van der Waals surface area contributed by atoms with E-state index in [1.165, 1.54) is 24.1 Å². The number of anilines is 1. The number of hydrogen-bond acceptors (Lipinski definition) is 5. The highest BCUT2D eigenvalue weighted by Gasteiger charge is 2.34. The van der Waals surface area contributed by atoms with Crippen molar-refractivity contribution in [1.82, 2.24) is 10.2 Å². The largest absolute Gasteiger partial charge is 0.497 e. The minimum Gasteiger partial charge on any atom is -0.497 e. The van der Waals surface area contributed by atoms with Gasteiger partial charge in [0.25, 0.3) is 10.0 Å². The molecule has 3 aromatic carbocycles. The van der Waals surface area contributed by atoms with E-state index in [1.807, 2.05) is 13.8 Å². The van der Waals surface area contributed by atoms with Gasteiger partial charge in [0.05, 0.1) is 17.7 Å². The third-order valence-corrected chi connectivity index (χ3v) is 8.22. The molecule has 0 fully saturated rings. The van der Waals surface area contributed by atoms with Crippen molar-refractivity contribution in [2.24, 2.45) is 0 Å². The van der Waals surface area contributed by atoms with Crippen LogP contribution in [0, 0.1) is 0 Å². The molecule has 3 aromatic rings. The van der Waals surface area contributed by atoms with Gasteiger partial charge in [0.2, 0.25) is 11.8 Å². The van der Waals surface area contributed by atoms with Gasteiger partial charge in [0, 0.05) is 23.7 Å². The maximum absolute atomic E-state index is 14.0. The molecule has 8 nitrogen and oxygen atoms in total. The van der Waals surface area contributed by atoms with Gasteiger partial charge < -0.3 is 15.0 Å². The summed E-state index contributed by atoms with van der Waals surface area (Å²) >= 11 is 6.41. The third-order valence-electron chi connectivity index (χ3n) is 6.07. The predicted octanol–water partition coefficient (Wildman–Crippen LogP) is 4.88. The van der Waals surface area contributed by atoms with E-state index < -0.39 is 28.5 Å². The first-order valence-electron chi connectivity index (χ1n) is 12.6. The molecule has 2 amide bonds. The zero-order valence-corrected chi connectivity index (χ0v) is 24.1. The Bertz CT molecular complexity index is 1380. The van der Waals surface area contributed by atoms with Gasteiger partial charge >= 0.3 is 0 Å². The number of nitrogens with one attached hydrogen (secondary N) is 1. The Hall–Kier alpha value is -3.56. The number of nitrogens with zero attached hydrogens (tertiary/aromatic N) is 2. The normalized spacial score (nSPS) is 12.1. The number of rotatable bonds is 12. The molecule has 0 saturated heterocycles. The lowest BCUT2D eigenvalue weighted by Crippen LogP contribution is -2.53. The van der Waals surface area contributed by atoms with Crippen LogP contribution >= 0.6 is 11.6 Å². The maximum Gasteiger partial charge on any atom is 0.264 e. The van der Waals surface area contributed by atoms with Crippen molar-refractivity contribution in [3.05, 3.63) is 89.4 Å². The predicted molar refractivity (Wildman–Crippen MR) is 153 cm³/mol. The number of benzene rings is 3. The van der Waals surface area contributed by atoms with Crippen LogP contribution in [0.3, 0.4) is 0 Å². The molecule has 0 bridgehead atoms. The van der Waals surface area contributed by atoms with E-state index in [9.17, 15) is 18.0 Å². The van der Waals surface area contributed by atoms with E-state index in [1.54, 1.807) is 73.7 Å². The standard InChI is InChI=1S/C29H34ClN3O5S/c1-5-27(29(35)31-21(2)3)32(19-22-12-9-10-17-26(22)30)28(34)20-33(23-13-11-14-24(18-23)38-4)39(36,37)25-15-7-6-8-16-25/h6-18,21,27H,5,19-20H2,1-4H3,(H,31,35). The van der Waals surface area contributed by atoms with Crippen LogP contribution < -0.4 is 14.4 Å². The average Bonchev–Trinajstić information content (AvgIpc) is 2.92. The smallest absolute Gasteiger partial charge is 0.264 e. The second-order valence-electron chi connectivity index (χ2n) is 9.23. The Morgan fingerprint density at radius 2 is 1.64 bits per heavy atom. The number of halogens is 1. The van der Waals surface area contributed by atoms with Crippen molar-refractivity contribution >= 4 is 39.1 Å². The topological polar surface area (TPSA) is 96.0 Å². The molecule has 0 aliphatic heterocycles. The van der Waals surface area contributed by atoms with Crippen LogP contribution in [0.1, 0.15) is 32.8 Å². The first-order valence-corrected chi connectivity index (χ1v) is 14.4. The fourth-order valence-corrected chi connectivity index (χ4v) is 5.75. The van der Waals surface area contributed by atoms with Gasteiger partial charge in [-0.1, -0.05) is 61.0 Å². The molecule has 208 valence electrons. The van der Waals surface area contributed by atoms with E-state index in [0.29, 0.717) is 22.8 Å². The van der Waals surface area contributed by atoms with E-state index >= 15 is 0 Å². The number of methoxy groups -OCH3 is 1. The highest BCUT2D eigenvalue weighted by atomic mass is 35.5. The Morgan fingerprint density at radius 3 is 2.26 bits per heavy atom. The van der Waals surface area contributed by atoms with E-state index in [-0.39, 0.29) is 29.1 Å². The van der Waals surface area contributed by atoms with Crippen LogP contribution in [0.4, 0.5) is 5.69 Å². The molecule has 0 aromatic heterocycles. The molecule has 0 aliphatic rings. The van der Waals surface area contributed by atoms with Gasteiger partial charge in [-0.3, -0.25) is 13.9 Å². The van der Waals surface area contributed by atoms with Crippen molar-refractivity contribution in [2.75, 3.05) is 18.0 Å². The van der Waals surface area contributed by atoms with Gasteiger partial charge in [0.1, 0.15) is 18.3 Å². The summed E-state index contributed by atoms with van der Waals surface area (Å²) in [4.78, 5) is 28.6. The minimum atomic E-state index is -4.16. The highest BCUT2D eigenvalue weighted by Crippen LogP contribution is 2.28. The summed E-state index contributed by atoms with van der Waals surface area (Å²) in [5.41, 5.74) is 0.895. The number of carbonyl (C=O) groups excluding carboxylic acids is 2. The SMILES string of the molecule is CCC(C(=O)NC(C)C)N(Cc1ccccc1Cl)C(=O)CN(c1cccc(OC)c1)S(=O)(=O)c1ccccc1. The Balaban J connectivity index is 2.08. The van der Waals surface area contributed by atoms with Crippen LogP contribution in [-0.2, 0) is 26.2 Å². The number of amides is 2. The molecule has 1 N–H and O–H groups in total. The lowest BCUT2D eigenvalue weighted by molar-refractivity contribution is -0.140. The van der Waals surface area contributed by atoms with Crippen LogP contribution in [-0.4, -0.2) is 50.9 Å². The molecular formula is C29H34ClN3O5S. The molecule has 1 atom stereocenters. The van der Waals surface area contributed by atoms with Crippen LogP contribution in [0.5, 0.6) is 5.75 Å². The van der Waals surface area contributed by atoms with Crippen LogP contribution in [0.25, 0.3) is 0 Å². The molecule has 3 rings (SSSR count). The maximum atomic E-state index is 14.0. The zero-order chi connectivity index (χ0) is 28.6. The number of hydrogen-bond donors (Lipinski definition) is 1. The van der Waals surface area contributed by atoms with Gasteiger partial charge in [-0.15, -0.1) is 0 Å². The summed E-state index contributed by atoms with van der Waals surface area (Å²) in [7, 11) is -2.68. The van der Waals surface area contributed by atoms with Crippen LogP contribution in [0.2, 0.25) is 5.02 Å². The first kappa shape index (κ1) is 30.0. The molecule has 0 saturated carbocycles. The van der Waals surface area contributed by atoms with Gasteiger partial charge in [0.15, 0.2) is 0 Å². The molecule has 10 heteroatoms. The van der Waals surface area contributed by atoms with Crippen molar-refractivity contribution in [3.8, 4) is 5.75 Å². The van der Waals surface area contributed by atoms with Gasteiger partial charge in [-0.05, 0) is 56.2 Å². The average molecular weight is 572 g/mol. The molecule has 0 spiro atoms. The molecule has 0 radical (unpaired) electrons. The summed E-state index contributed by atoms with van der Waals surface area (Å²) in [6, 6.07) is 20.4. The van der Waals surface area contributed by atoms with E-state index in [0.717, 1.165) is 4.31 Å². The lowest BCUT2D eigenvalue weighted by atomic mass is 10.1. The lowest BCUT2D eigenvalue weighted by Gasteiger charge is -2.33. The Morgan fingerprint density at radius 1 is 0.974 bits per heavy atom. The summed E-state index contributed by atoms with van der Waals surface area (Å²) < 4.78 is 34.0. The quantitative estimate of drug-likeness (QED) is 0.334. The highest BCUT2D eigenvalue weighted by molar-refractivity contribution is 7.92. The molecule has 0 heterocycles. The summed E-state index contributed by atoms with van der Waals surface area (Å²) in [6.07, 6.45) is 0.319. The fraction of sp³-hybridized carbons (Fsp3) is 0.310. The monoisotopic (exact) mass is 571 g/mol. The molecule has 1 unspecified atom stereocenters. The number of sulfonamides is 1. The van der Waals surface area contributed by atoms with Crippen molar-refractivity contribution in [2.45, 2.75) is 50.7 Å². The van der Waals surface area contributed by atoms with E-state index in [4.69, 9.17) is 16.3 Å². The number of carbonyl (C=O) groups is 2. The zero-order valence-electron chi connectivity index (χ0n) is 22.5. The Labute approximate surface area is 235 Å². The first-order chi connectivity index (χ1) is 18.6. The summed E-state index contributed by atoms with van der Waals surface area (Å²) in [5.74, 6) is -0.446. The number of ether oxygens (including phenoxy) is 1. The third kappa shape index (κ3) is 7.52. The second-order valence-corrected chi connectivity index (χ2v) is 11.5. The minimum absolute atomic E-state index is 0.0276. The van der Waals surface area contributed by atoms with E-state index in [2.05, 4.69) is 5.32 Å². The van der Waals surface area contributed by atoms with Gasteiger partial charge in [-0.2, -0.15) is 0 Å². The van der Waals surface area contributed by atoms with Crippen molar-refractivity contribution < 1.29 is 22.7 Å². The second kappa shape index (κ2) is 13.5. The van der Waals surface area contributed by atoms with Gasteiger partial charge in [-0.25, -0.2) is 8.42 Å². The molecule has 0 aliphatic carbocycles. The molecule has 39 heavy (non-hydrogen) atoms. The van der Waals surface area contributed by atoms with Crippen molar-refractivity contribution in [3.63, 3.8) is 0 Å². The molecular weight excluding hydrogens is 538 g/mol. The fourth-order valence-electron chi connectivity index (χ4n) is 4.12. The Kier molecular flexibility index (Phi) is 10.4.